The molecule has 0 radical (unpaired) electrons. The quantitative estimate of drug-likeness (QED) is 0.429. The maximum Gasteiger partial charge on any atom is 0.332 e. The van der Waals surface area contributed by atoms with Gasteiger partial charge in [0.1, 0.15) is 5.60 Å². The molecule has 1 atom stereocenters. The summed E-state index contributed by atoms with van der Waals surface area (Å²) in [4.78, 5) is 24.7. The first-order chi connectivity index (χ1) is 13.1. The lowest BCUT2D eigenvalue weighted by molar-refractivity contribution is -0.386. The number of nitro groups is 1. The van der Waals surface area contributed by atoms with E-state index >= 15 is 0 Å². The van der Waals surface area contributed by atoms with Gasteiger partial charge in [0.15, 0.2) is 5.54 Å². The summed E-state index contributed by atoms with van der Waals surface area (Å²) in [5.74, 6) is -0.826. The van der Waals surface area contributed by atoms with Gasteiger partial charge in [-0.2, -0.15) is 0 Å². The van der Waals surface area contributed by atoms with Crippen molar-refractivity contribution in [1.82, 2.24) is 5.32 Å². The van der Waals surface area contributed by atoms with Gasteiger partial charge in [-0.05, 0) is 38.3 Å². The highest BCUT2D eigenvalue weighted by molar-refractivity contribution is 5.85. The van der Waals surface area contributed by atoms with Gasteiger partial charge in [-0.1, -0.05) is 56.3 Å². The molecule has 0 bridgehead atoms. The number of hydrogen-bond donors (Lipinski definition) is 1. The number of benzene rings is 2. The summed E-state index contributed by atoms with van der Waals surface area (Å²) in [7, 11) is 0. The summed E-state index contributed by atoms with van der Waals surface area (Å²) in [6, 6.07) is 15.9. The summed E-state index contributed by atoms with van der Waals surface area (Å²) in [6.45, 7) is 9.44. The number of rotatable bonds is 7. The van der Waals surface area contributed by atoms with Crippen molar-refractivity contribution in [2.75, 3.05) is 0 Å². The zero-order chi connectivity index (χ0) is 20.9. The van der Waals surface area contributed by atoms with E-state index in [2.05, 4.69) is 5.32 Å². The Kier molecular flexibility index (Phi) is 6.56. The van der Waals surface area contributed by atoms with E-state index in [9.17, 15) is 14.9 Å². The van der Waals surface area contributed by atoms with Crippen molar-refractivity contribution in [3.8, 4) is 0 Å². The molecule has 1 unspecified atom stereocenters. The Balaban J connectivity index is 2.61. The second-order valence-electron chi connectivity index (χ2n) is 8.08. The Labute approximate surface area is 166 Å². The lowest BCUT2D eigenvalue weighted by Gasteiger charge is -2.38. The highest BCUT2D eigenvalue weighted by Gasteiger charge is 2.49. The predicted octanol–water partition coefficient (Wildman–Crippen LogP) is 4.58. The van der Waals surface area contributed by atoms with Gasteiger partial charge in [0.05, 0.1) is 10.5 Å². The standard InChI is InChI=1S/C22H28N2O4/c1-16(2)22(20(25)28-21(3,4)5,23-15-17-11-7-6-8-12-17)18-13-9-10-14-19(18)24(26)27/h6-14,16,23H,15H2,1-5H3. The summed E-state index contributed by atoms with van der Waals surface area (Å²) in [5, 5.41) is 15.0. The Morgan fingerprint density at radius 2 is 1.64 bits per heavy atom. The van der Waals surface area contributed by atoms with Crippen LogP contribution in [0.5, 0.6) is 0 Å². The van der Waals surface area contributed by atoms with E-state index in [1.165, 1.54) is 6.07 Å². The van der Waals surface area contributed by atoms with Gasteiger partial charge in [-0.15, -0.1) is 0 Å². The molecule has 150 valence electrons. The second kappa shape index (κ2) is 8.52. The zero-order valence-corrected chi connectivity index (χ0v) is 17.1. The summed E-state index contributed by atoms with van der Waals surface area (Å²) in [6.07, 6.45) is 0. The van der Waals surface area contributed by atoms with Crippen molar-refractivity contribution in [2.45, 2.75) is 52.3 Å². The average molecular weight is 384 g/mol. The number of carbonyl (C=O) groups is 1. The third-order valence-electron chi connectivity index (χ3n) is 4.53. The Hall–Kier alpha value is -2.73. The van der Waals surface area contributed by atoms with Crippen molar-refractivity contribution in [3.63, 3.8) is 0 Å². The van der Waals surface area contributed by atoms with Crippen LogP contribution in [0.4, 0.5) is 5.69 Å². The van der Waals surface area contributed by atoms with Crippen molar-refractivity contribution in [3.05, 3.63) is 75.8 Å². The first-order valence-corrected chi connectivity index (χ1v) is 9.34. The number of esters is 1. The first-order valence-electron chi connectivity index (χ1n) is 9.34. The van der Waals surface area contributed by atoms with Crippen LogP contribution in [-0.4, -0.2) is 16.5 Å². The highest BCUT2D eigenvalue weighted by atomic mass is 16.6. The van der Waals surface area contributed by atoms with Crippen LogP contribution >= 0.6 is 0 Å². The van der Waals surface area contributed by atoms with Gasteiger partial charge in [-0.25, -0.2) is 4.79 Å². The molecule has 0 aliphatic carbocycles. The zero-order valence-electron chi connectivity index (χ0n) is 17.1. The van der Waals surface area contributed by atoms with Gasteiger partial charge in [0.2, 0.25) is 0 Å². The van der Waals surface area contributed by atoms with Crippen LogP contribution in [0.25, 0.3) is 0 Å². The largest absolute Gasteiger partial charge is 0.458 e. The summed E-state index contributed by atoms with van der Waals surface area (Å²) in [5.41, 5.74) is -0.931. The smallest absolute Gasteiger partial charge is 0.332 e. The van der Waals surface area contributed by atoms with Crippen LogP contribution in [0, 0.1) is 16.0 Å². The molecule has 1 N–H and O–H groups in total. The molecule has 2 aromatic rings. The Morgan fingerprint density at radius 1 is 1.07 bits per heavy atom. The molecule has 6 heteroatoms. The lowest BCUT2D eigenvalue weighted by atomic mass is 9.78. The van der Waals surface area contributed by atoms with E-state index in [0.29, 0.717) is 12.1 Å². The fourth-order valence-electron chi connectivity index (χ4n) is 3.19. The third-order valence-corrected chi connectivity index (χ3v) is 4.53. The van der Waals surface area contributed by atoms with E-state index in [4.69, 9.17) is 4.74 Å². The van der Waals surface area contributed by atoms with Crippen LogP contribution in [0.1, 0.15) is 45.7 Å². The molecule has 0 aromatic heterocycles. The number of nitrogens with zero attached hydrogens (tertiary/aromatic N) is 1. The molecule has 2 aromatic carbocycles. The highest BCUT2D eigenvalue weighted by Crippen LogP contribution is 2.38. The summed E-state index contributed by atoms with van der Waals surface area (Å²) >= 11 is 0. The van der Waals surface area contributed by atoms with E-state index < -0.39 is 22.0 Å². The van der Waals surface area contributed by atoms with E-state index in [1.54, 1.807) is 39.0 Å². The minimum Gasteiger partial charge on any atom is -0.458 e. The van der Waals surface area contributed by atoms with Crippen LogP contribution < -0.4 is 5.32 Å². The van der Waals surface area contributed by atoms with Gasteiger partial charge >= 0.3 is 5.97 Å². The molecular formula is C22H28N2O4. The molecule has 6 nitrogen and oxygen atoms in total. The monoisotopic (exact) mass is 384 g/mol. The molecule has 0 aliphatic rings. The normalized spacial score (nSPS) is 13.8. The van der Waals surface area contributed by atoms with E-state index in [-0.39, 0.29) is 11.6 Å². The average Bonchev–Trinajstić information content (AvgIpc) is 2.61. The molecule has 2 rings (SSSR count). The molecule has 28 heavy (non-hydrogen) atoms. The molecule has 0 spiro atoms. The number of carbonyl (C=O) groups excluding carboxylic acids is 1. The SMILES string of the molecule is CC(C)C(NCc1ccccc1)(C(=O)OC(C)(C)C)c1ccccc1[N+](=O)[O-]. The van der Waals surface area contributed by atoms with E-state index in [0.717, 1.165) is 5.56 Å². The van der Waals surface area contributed by atoms with Crippen molar-refractivity contribution in [2.24, 2.45) is 5.92 Å². The Morgan fingerprint density at radius 3 is 2.18 bits per heavy atom. The second-order valence-corrected chi connectivity index (χ2v) is 8.08. The first kappa shape index (κ1) is 21.6. The molecule has 0 amide bonds. The van der Waals surface area contributed by atoms with Gasteiger partial charge in [0, 0.05) is 12.6 Å². The molecule has 0 heterocycles. The third kappa shape index (κ3) is 4.75. The van der Waals surface area contributed by atoms with Gasteiger partial charge in [0.25, 0.3) is 5.69 Å². The number of para-hydroxylation sites is 1. The minimum atomic E-state index is -1.37. The topological polar surface area (TPSA) is 81.5 Å². The maximum absolute atomic E-state index is 13.4. The lowest BCUT2D eigenvalue weighted by Crippen LogP contribution is -2.55. The van der Waals surface area contributed by atoms with E-state index in [1.807, 2.05) is 44.2 Å². The van der Waals surface area contributed by atoms with Crippen molar-refractivity contribution < 1.29 is 14.5 Å². The molecular weight excluding hydrogens is 356 g/mol. The predicted molar refractivity (Wildman–Crippen MR) is 109 cm³/mol. The van der Waals surface area contributed by atoms with Gasteiger partial charge in [-0.3, -0.25) is 15.4 Å². The number of ether oxygens (including phenoxy) is 1. The van der Waals surface area contributed by atoms with Gasteiger partial charge < -0.3 is 4.74 Å². The minimum absolute atomic E-state index is 0.109. The molecule has 0 saturated heterocycles. The van der Waals surface area contributed by atoms with Crippen LogP contribution in [-0.2, 0) is 21.6 Å². The molecule has 0 saturated carbocycles. The Bertz CT molecular complexity index is 828. The number of nitrogens with one attached hydrogen (secondary N) is 1. The van der Waals surface area contributed by atoms with Crippen molar-refractivity contribution in [1.29, 1.82) is 0 Å². The maximum atomic E-state index is 13.4. The molecule has 0 aliphatic heterocycles. The van der Waals surface area contributed by atoms with Crippen LogP contribution in [0.15, 0.2) is 54.6 Å². The fraction of sp³-hybridized carbons (Fsp3) is 0.409. The van der Waals surface area contributed by atoms with Crippen LogP contribution in [0.3, 0.4) is 0 Å². The van der Waals surface area contributed by atoms with Crippen LogP contribution in [0.2, 0.25) is 0 Å². The number of hydrogen-bond acceptors (Lipinski definition) is 5. The number of nitro benzene ring substituents is 1. The molecule has 0 fully saturated rings. The summed E-state index contributed by atoms with van der Waals surface area (Å²) < 4.78 is 5.72. The van der Waals surface area contributed by atoms with Crippen molar-refractivity contribution >= 4 is 11.7 Å². The fourth-order valence-corrected chi connectivity index (χ4v) is 3.19.